The van der Waals surface area contributed by atoms with Crippen molar-refractivity contribution in [1.82, 2.24) is 10.6 Å². The first-order valence-corrected chi connectivity index (χ1v) is 8.05. The van der Waals surface area contributed by atoms with Crippen LogP contribution in [0.2, 0.25) is 0 Å². The van der Waals surface area contributed by atoms with Crippen molar-refractivity contribution in [2.45, 2.75) is 38.1 Å². The monoisotopic (exact) mass is 440 g/mol. The zero-order chi connectivity index (χ0) is 16.5. The van der Waals surface area contributed by atoms with E-state index in [-0.39, 0.29) is 36.4 Å². The van der Waals surface area contributed by atoms with Gasteiger partial charge >= 0.3 is 0 Å². The second-order valence-electron chi connectivity index (χ2n) is 5.68. The molecular formula is C18H25IN4O. The largest absolute Gasteiger partial charge is 0.354 e. The van der Waals surface area contributed by atoms with Gasteiger partial charge in [-0.2, -0.15) is 0 Å². The molecular weight excluding hydrogens is 415 g/mol. The van der Waals surface area contributed by atoms with Crippen LogP contribution in [0.1, 0.15) is 37.7 Å². The number of amides is 1. The van der Waals surface area contributed by atoms with E-state index < -0.39 is 0 Å². The average Bonchev–Trinajstić information content (AvgIpc) is 2.59. The van der Waals surface area contributed by atoms with Crippen LogP contribution >= 0.6 is 24.0 Å². The Balaban J connectivity index is 0.00000288. The number of carbonyl (C=O) groups is 1. The van der Waals surface area contributed by atoms with E-state index in [0.717, 1.165) is 18.4 Å². The number of hydrogen-bond donors (Lipinski definition) is 3. The first kappa shape index (κ1) is 20.3. The summed E-state index contributed by atoms with van der Waals surface area (Å²) < 4.78 is 0. The molecule has 3 N–H and O–H groups in total. The zero-order valence-electron chi connectivity index (χ0n) is 14.0. The van der Waals surface area contributed by atoms with Crippen LogP contribution in [0.4, 0.5) is 5.69 Å². The summed E-state index contributed by atoms with van der Waals surface area (Å²) in [7, 11) is 1.71. The standard InChI is InChI=1S/C18H24N4O.HI/c1-3-14-8-7-11-16(12-14)21-17(23)13-20-18(19-2)22-15-9-5-4-6-10-15;/h1,7-8,11-12,15H,4-6,9-10,13H2,2H3,(H,21,23)(H2,19,20,22);1H. The van der Waals surface area contributed by atoms with Gasteiger partial charge in [-0.15, -0.1) is 30.4 Å². The highest BCUT2D eigenvalue weighted by molar-refractivity contribution is 14.0. The molecule has 0 atom stereocenters. The van der Waals surface area contributed by atoms with Crippen molar-refractivity contribution < 1.29 is 4.79 Å². The van der Waals surface area contributed by atoms with Gasteiger partial charge in [0.1, 0.15) is 0 Å². The third kappa shape index (κ3) is 6.79. The summed E-state index contributed by atoms with van der Waals surface area (Å²) in [4.78, 5) is 16.2. The third-order valence-electron chi connectivity index (χ3n) is 3.90. The summed E-state index contributed by atoms with van der Waals surface area (Å²) in [6, 6.07) is 7.68. The molecule has 1 aliphatic rings. The van der Waals surface area contributed by atoms with Crippen LogP contribution in [-0.4, -0.2) is 31.5 Å². The molecule has 1 aromatic rings. The zero-order valence-corrected chi connectivity index (χ0v) is 16.3. The van der Waals surface area contributed by atoms with E-state index in [2.05, 4.69) is 26.9 Å². The molecule has 2 rings (SSSR count). The maximum Gasteiger partial charge on any atom is 0.243 e. The summed E-state index contributed by atoms with van der Waals surface area (Å²) in [5, 5.41) is 9.25. The van der Waals surface area contributed by atoms with Crippen molar-refractivity contribution in [3.05, 3.63) is 29.8 Å². The van der Waals surface area contributed by atoms with E-state index in [1.165, 1.54) is 19.3 Å². The number of carbonyl (C=O) groups excluding carboxylic acids is 1. The minimum absolute atomic E-state index is 0. The number of anilines is 1. The quantitative estimate of drug-likeness (QED) is 0.292. The van der Waals surface area contributed by atoms with Gasteiger partial charge in [0, 0.05) is 24.3 Å². The predicted octanol–water partition coefficient (Wildman–Crippen LogP) is 2.72. The smallest absolute Gasteiger partial charge is 0.243 e. The maximum atomic E-state index is 12.0. The van der Waals surface area contributed by atoms with Crippen LogP contribution in [0.15, 0.2) is 29.3 Å². The summed E-state index contributed by atoms with van der Waals surface area (Å²) in [5.41, 5.74) is 1.44. The van der Waals surface area contributed by atoms with Crippen molar-refractivity contribution in [2.75, 3.05) is 18.9 Å². The molecule has 1 saturated carbocycles. The molecule has 0 spiro atoms. The molecule has 1 amide bonds. The molecule has 0 aliphatic heterocycles. The lowest BCUT2D eigenvalue weighted by Gasteiger charge is -2.24. The van der Waals surface area contributed by atoms with E-state index in [9.17, 15) is 4.79 Å². The Kier molecular flexibility index (Phi) is 9.23. The highest BCUT2D eigenvalue weighted by atomic mass is 127. The van der Waals surface area contributed by atoms with Gasteiger partial charge in [0.2, 0.25) is 5.91 Å². The van der Waals surface area contributed by atoms with E-state index >= 15 is 0 Å². The summed E-state index contributed by atoms with van der Waals surface area (Å²) in [6.45, 7) is 0.159. The Morgan fingerprint density at radius 3 is 2.75 bits per heavy atom. The Labute approximate surface area is 161 Å². The Hall–Kier alpha value is -1.75. The minimum Gasteiger partial charge on any atom is -0.354 e. The number of halogens is 1. The van der Waals surface area contributed by atoms with E-state index in [1.807, 2.05) is 18.2 Å². The van der Waals surface area contributed by atoms with Gasteiger partial charge in [0.05, 0.1) is 6.54 Å². The SMILES string of the molecule is C#Cc1cccc(NC(=O)CNC(=NC)NC2CCCCC2)c1.I. The van der Waals surface area contributed by atoms with Gasteiger partial charge in [-0.3, -0.25) is 9.79 Å². The number of aliphatic imine (C=N–C) groups is 1. The van der Waals surface area contributed by atoms with Crippen LogP contribution in [0.5, 0.6) is 0 Å². The molecule has 0 bridgehead atoms. The average molecular weight is 440 g/mol. The van der Waals surface area contributed by atoms with Gasteiger partial charge in [0.25, 0.3) is 0 Å². The van der Waals surface area contributed by atoms with Gasteiger partial charge in [-0.1, -0.05) is 31.2 Å². The summed E-state index contributed by atoms with van der Waals surface area (Å²) >= 11 is 0. The number of hydrogen-bond acceptors (Lipinski definition) is 2. The fraction of sp³-hybridized carbons (Fsp3) is 0.444. The van der Waals surface area contributed by atoms with Crippen molar-refractivity contribution in [3.63, 3.8) is 0 Å². The van der Waals surface area contributed by atoms with Crippen LogP contribution in [0, 0.1) is 12.3 Å². The number of benzene rings is 1. The summed E-state index contributed by atoms with van der Waals surface area (Å²) in [5.74, 6) is 3.09. The van der Waals surface area contributed by atoms with Crippen LogP contribution < -0.4 is 16.0 Å². The predicted molar refractivity (Wildman–Crippen MR) is 110 cm³/mol. The van der Waals surface area contributed by atoms with Crippen molar-refractivity contribution in [3.8, 4) is 12.3 Å². The topological polar surface area (TPSA) is 65.5 Å². The molecule has 1 fully saturated rings. The fourth-order valence-corrected chi connectivity index (χ4v) is 2.69. The molecule has 1 aromatic carbocycles. The van der Waals surface area contributed by atoms with Gasteiger partial charge in [-0.05, 0) is 31.0 Å². The molecule has 6 heteroatoms. The van der Waals surface area contributed by atoms with E-state index in [0.29, 0.717) is 17.7 Å². The van der Waals surface area contributed by atoms with Gasteiger partial charge in [-0.25, -0.2) is 0 Å². The fourth-order valence-electron chi connectivity index (χ4n) is 2.69. The maximum absolute atomic E-state index is 12.0. The molecule has 0 radical (unpaired) electrons. The number of rotatable bonds is 4. The van der Waals surface area contributed by atoms with Crippen LogP contribution in [0.25, 0.3) is 0 Å². The van der Waals surface area contributed by atoms with Crippen LogP contribution in [-0.2, 0) is 4.79 Å². The second-order valence-corrected chi connectivity index (χ2v) is 5.68. The minimum atomic E-state index is -0.134. The van der Waals surface area contributed by atoms with Gasteiger partial charge in [0.15, 0.2) is 5.96 Å². The number of terminal acetylenes is 1. The van der Waals surface area contributed by atoms with Gasteiger partial charge < -0.3 is 16.0 Å². The lowest BCUT2D eigenvalue weighted by Crippen LogP contribution is -2.46. The molecule has 5 nitrogen and oxygen atoms in total. The Bertz CT molecular complexity index is 603. The van der Waals surface area contributed by atoms with Crippen molar-refractivity contribution >= 4 is 41.5 Å². The van der Waals surface area contributed by atoms with Crippen LogP contribution in [0.3, 0.4) is 0 Å². The molecule has 0 saturated heterocycles. The van der Waals surface area contributed by atoms with E-state index in [4.69, 9.17) is 6.42 Å². The van der Waals surface area contributed by atoms with E-state index in [1.54, 1.807) is 13.1 Å². The second kappa shape index (κ2) is 10.9. The van der Waals surface area contributed by atoms with Crippen molar-refractivity contribution in [2.24, 2.45) is 4.99 Å². The Morgan fingerprint density at radius 1 is 1.33 bits per heavy atom. The normalized spacial score (nSPS) is 14.9. The Morgan fingerprint density at radius 2 is 2.08 bits per heavy atom. The first-order chi connectivity index (χ1) is 11.2. The molecule has 0 unspecified atom stereocenters. The molecule has 130 valence electrons. The summed E-state index contributed by atoms with van der Waals surface area (Å²) in [6.07, 6.45) is 11.5. The number of guanidine groups is 1. The molecule has 24 heavy (non-hydrogen) atoms. The van der Waals surface area contributed by atoms with Crippen molar-refractivity contribution in [1.29, 1.82) is 0 Å². The third-order valence-corrected chi connectivity index (χ3v) is 3.90. The molecule has 1 aliphatic carbocycles. The first-order valence-electron chi connectivity index (χ1n) is 8.05. The number of nitrogens with one attached hydrogen (secondary N) is 3. The molecule has 0 heterocycles. The lowest BCUT2D eigenvalue weighted by molar-refractivity contribution is -0.115. The number of nitrogens with zero attached hydrogens (tertiary/aromatic N) is 1. The highest BCUT2D eigenvalue weighted by Crippen LogP contribution is 2.17. The lowest BCUT2D eigenvalue weighted by atomic mass is 9.96. The molecule has 0 aromatic heterocycles. The highest BCUT2D eigenvalue weighted by Gasteiger charge is 2.14.